The van der Waals surface area contributed by atoms with Gasteiger partial charge in [0.05, 0.1) is 28.5 Å². The van der Waals surface area contributed by atoms with Crippen LogP contribution in [0.4, 0.5) is 5.69 Å². The molecule has 1 aliphatic rings. The average Bonchev–Trinajstić information content (AvgIpc) is 3.28. The smallest absolute Gasteiger partial charge is 0.290 e. The summed E-state index contributed by atoms with van der Waals surface area (Å²) in [4.78, 5) is 41.5. The molecule has 0 spiro atoms. The van der Waals surface area contributed by atoms with E-state index >= 15 is 0 Å². The number of hydrogen-bond donors (Lipinski definition) is 1. The number of likely N-dealkylation sites (tertiary alicyclic amines) is 1. The summed E-state index contributed by atoms with van der Waals surface area (Å²) in [5, 5.41) is 3.29. The second kappa shape index (κ2) is 10.00. The van der Waals surface area contributed by atoms with Crippen molar-refractivity contribution in [2.75, 3.05) is 25.0 Å². The highest BCUT2D eigenvalue weighted by Crippen LogP contribution is 2.29. The van der Waals surface area contributed by atoms with Crippen molar-refractivity contribution in [3.05, 3.63) is 52.4 Å². The quantitative estimate of drug-likeness (QED) is 0.717. The molecule has 30 heavy (non-hydrogen) atoms. The molecule has 0 bridgehead atoms. The van der Waals surface area contributed by atoms with E-state index in [9.17, 15) is 14.4 Å². The summed E-state index contributed by atoms with van der Waals surface area (Å²) < 4.78 is 5.21. The zero-order valence-electron chi connectivity index (χ0n) is 16.6. The zero-order valence-corrected chi connectivity index (χ0v) is 18.1. The first-order valence-corrected chi connectivity index (χ1v) is 10.5. The topological polar surface area (TPSA) is 82.9 Å². The summed E-state index contributed by atoms with van der Waals surface area (Å²) in [5.74, 6) is -0.803. The molecular weight excluding hydrogens is 429 g/mol. The van der Waals surface area contributed by atoms with E-state index in [-0.39, 0.29) is 24.1 Å². The summed E-state index contributed by atoms with van der Waals surface area (Å²) in [6.07, 6.45) is 3.61. The Labute approximate surface area is 184 Å². The van der Waals surface area contributed by atoms with Crippen molar-refractivity contribution in [3.63, 3.8) is 0 Å². The van der Waals surface area contributed by atoms with Crippen LogP contribution in [0, 0.1) is 0 Å². The SMILES string of the molecule is CCN(CC(=O)Nc1c(Cl)cccc1Cl)C(=O)C1CCCCN1C(=O)c1ccco1. The molecule has 1 N–H and O–H groups in total. The predicted molar refractivity (Wildman–Crippen MR) is 115 cm³/mol. The van der Waals surface area contributed by atoms with Crippen LogP contribution in [0.25, 0.3) is 0 Å². The monoisotopic (exact) mass is 451 g/mol. The van der Waals surface area contributed by atoms with E-state index in [1.807, 2.05) is 0 Å². The normalized spacial score (nSPS) is 16.2. The number of nitrogens with zero attached hydrogens (tertiary/aromatic N) is 2. The fourth-order valence-electron chi connectivity index (χ4n) is 3.50. The molecule has 7 nitrogen and oxygen atoms in total. The molecule has 2 heterocycles. The largest absolute Gasteiger partial charge is 0.459 e. The second-order valence-corrected chi connectivity index (χ2v) is 7.80. The molecule has 1 saturated heterocycles. The molecule has 1 aromatic heterocycles. The van der Waals surface area contributed by atoms with Crippen molar-refractivity contribution in [1.29, 1.82) is 0 Å². The highest BCUT2D eigenvalue weighted by Gasteiger charge is 2.36. The van der Waals surface area contributed by atoms with Gasteiger partial charge in [0.25, 0.3) is 5.91 Å². The van der Waals surface area contributed by atoms with Crippen LogP contribution in [0.2, 0.25) is 10.0 Å². The molecule has 0 aliphatic carbocycles. The molecule has 0 saturated carbocycles. The Morgan fingerprint density at radius 2 is 1.90 bits per heavy atom. The van der Waals surface area contributed by atoms with E-state index in [0.29, 0.717) is 35.2 Å². The Bertz CT molecular complexity index is 897. The highest BCUT2D eigenvalue weighted by atomic mass is 35.5. The van der Waals surface area contributed by atoms with Crippen LogP contribution in [-0.2, 0) is 9.59 Å². The minimum absolute atomic E-state index is 0.170. The number of carbonyl (C=O) groups excluding carboxylic acids is 3. The van der Waals surface area contributed by atoms with Gasteiger partial charge in [-0.1, -0.05) is 29.3 Å². The number of furan rings is 1. The van der Waals surface area contributed by atoms with E-state index in [2.05, 4.69) is 5.32 Å². The predicted octanol–water partition coefficient (Wildman–Crippen LogP) is 4.07. The Morgan fingerprint density at radius 3 is 2.53 bits per heavy atom. The van der Waals surface area contributed by atoms with Crippen molar-refractivity contribution in [2.45, 2.75) is 32.2 Å². The number of para-hydroxylation sites is 1. The van der Waals surface area contributed by atoms with Gasteiger partial charge < -0.3 is 19.5 Å². The first kappa shape index (κ1) is 22.2. The lowest BCUT2D eigenvalue weighted by Gasteiger charge is -2.37. The molecule has 160 valence electrons. The Morgan fingerprint density at radius 1 is 1.17 bits per heavy atom. The van der Waals surface area contributed by atoms with Crippen molar-refractivity contribution >= 4 is 46.6 Å². The number of carbonyl (C=O) groups is 3. The fourth-order valence-corrected chi connectivity index (χ4v) is 3.99. The summed E-state index contributed by atoms with van der Waals surface area (Å²) in [7, 11) is 0. The van der Waals surface area contributed by atoms with Gasteiger partial charge in [0.1, 0.15) is 6.04 Å². The summed E-state index contributed by atoms with van der Waals surface area (Å²) in [5.41, 5.74) is 0.307. The molecule has 1 aromatic carbocycles. The minimum atomic E-state index is -0.631. The molecule has 2 aromatic rings. The van der Waals surface area contributed by atoms with Gasteiger partial charge in [-0.3, -0.25) is 14.4 Å². The van der Waals surface area contributed by atoms with Gasteiger partial charge >= 0.3 is 0 Å². The summed E-state index contributed by atoms with van der Waals surface area (Å²) in [6.45, 7) is 2.40. The van der Waals surface area contributed by atoms with E-state index in [0.717, 1.165) is 12.8 Å². The summed E-state index contributed by atoms with van der Waals surface area (Å²) >= 11 is 12.2. The first-order chi connectivity index (χ1) is 14.4. The highest BCUT2D eigenvalue weighted by molar-refractivity contribution is 6.39. The lowest BCUT2D eigenvalue weighted by atomic mass is 10.00. The van der Waals surface area contributed by atoms with Crippen molar-refractivity contribution in [1.82, 2.24) is 9.80 Å². The van der Waals surface area contributed by atoms with Crippen LogP contribution in [0.5, 0.6) is 0 Å². The standard InChI is InChI=1S/C21H23Cl2N3O4/c1-2-25(13-18(27)24-19-14(22)7-5-8-15(19)23)20(28)16-9-3-4-11-26(16)21(29)17-10-6-12-30-17/h5-8,10,12,16H,2-4,9,11,13H2,1H3,(H,24,27). The van der Waals surface area contributed by atoms with Crippen molar-refractivity contribution < 1.29 is 18.8 Å². The van der Waals surface area contributed by atoms with Crippen LogP contribution in [0.3, 0.4) is 0 Å². The molecule has 3 amide bonds. The van der Waals surface area contributed by atoms with E-state index in [1.165, 1.54) is 16.1 Å². The van der Waals surface area contributed by atoms with Gasteiger partial charge in [-0.05, 0) is 50.5 Å². The fraction of sp³-hybridized carbons (Fsp3) is 0.381. The van der Waals surface area contributed by atoms with E-state index in [4.69, 9.17) is 27.6 Å². The number of halogens is 2. The molecule has 3 rings (SSSR count). The second-order valence-electron chi connectivity index (χ2n) is 6.98. The van der Waals surface area contributed by atoms with Gasteiger partial charge in [0.2, 0.25) is 11.8 Å². The summed E-state index contributed by atoms with van der Waals surface area (Å²) in [6, 6.07) is 7.49. The molecule has 1 unspecified atom stereocenters. The van der Waals surface area contributed by atoms with E-state index in [1.54, 1.807) is 37.3 Å². The van der Waals surface area contributed by atoms with Crippen LogP contribution < -0.4 is 5.32 Å². The Hall–Kier alpha value is -2.51. The first-order valence-electron chi connectivity index (χ1n) is 9.79. The number of piperidine rings is 1. The number of rotatable bonds is 6. The number of benzene rings is 1. The van der Waals surface area contributed by atoms with Crippen molar-refractivity contribution in [2.24, 2.45) is 0 Å². The molecule has 1 fully saturated rings. The Balaban J connectivity index is 1.70. The maximum absolute atomic E-state index is 13.2. The maximum Gasteiger partial charge on any atom is 0.290 e. The molecule has 1 atom stereocenters. The number of amides is 3. The van der Waals surface area contributed by atoms with E-state index < -0.39 is 11.9 Å². The maximum atomic E-state index is 13.2. The van der Waals surface area contributed by atoms with Crippen LogP contribution in [0.1, 0.15) is 36.7 Å². The Kier molecular flexibility index (Phi) is 7.39. The number of hydrogen-bond acceptors (Lipinski definition) is 4. The van der Waals surface area contributed by atoms with Crippen LogP contribution >= 0.6 is 23.2 Å². The van der Waals surface area contributed by atoms with Crippen LogP contribution in [-0.4, -0.2) is 53.2 Å². The van der Waals surface area contributed by atoms with Gasteiger partial charge in [-0.25, -0.2) is 0 Å². The number of anilines is 1. The average molecular weight is 452 g/mol. The van der Waals surface area contributed by atoms with Crippen molar-refractivity contribution in [3.8, 4) is 0 Å². The van der Waals surface area contributed by atoms with Gasteiger partial charge in [0.15, 0.2) is 5.76 Å². The molecular formula is C21H23Cl2N3O4. The van der Waals surface area contributed by atoms with Gasteiger partial charge in [-0.2, -0.15) is 0 Å². The minimum Gasteiger partial charge on any atom is -0.459 e. The number of likely N-dealkylation sites (N-methyl/N-ethyl adjacent to an activating group) is 1. The zero-order chi connectivity index (χ0) is 21.7. The van der Waals surface area contributed by atoms with Gasteiger partial charge in [-0.15, -0.1) is 0 Å². The molecule has 1 aliphatic heterocycles. The molecule has 9 heteroatoms. The number of nitrogens with one attached hydrogen (secondary N) is 1. The third-order valence-electron chi connectivity index (χ3n) is 5.04. The third kappa shape index (κ3) is 4.96. The lowest BCUT2D eigenvalue weighted by Crippen LogP contribution is -2.54. The molecule has 0 radical (unpaired) electrons. The van der Waals surface area contributed by atoms with Crippen LogP contribution in [0.15, 0.2) is 41.0 Å². The lowest BCUT2D eigenvalue weighted by molar-refractivity contribution is -0.139. The third-order valence-corrected chi connectivity index (χ3v) is 5.67. The van der Waals surface area contributed by atoms with Gasteiger partial charge in [0, 0.05) is 13.1 Å².